The summed E-state index contributed by atoms with van der Waals surface area (Å²) < 4.78 is 34.2. The molecule has 2 heterocycles. The third kappa shape index (κ3) is 5.21. The Morgan fingerprint density at radius 3 is 2.71 bits per heavy atom. The third-order valence-electron chi connectivity index (χ3n) is 6.33. The molecule has 11 heteroatoms. The molecule has 1 unspecified atom stereocenters. The summed E-state index contributed by atoms with van der Waals surface area (Å²) in [5, 5.41) is 5.16. The van der Waals surface area contributed by atoms with Gasteiger partial charge in [0.1, 0.15) is 12.1 Å². The molecular formula is C23H29ClN4O5S. The predicted molar refractivity (Wildman–Crippen MR) is 129 cm³/mol. The average molecular weight is 509 g/mol. The maximum atomic E-state index is 13.1. The van der Waals surface area contributed by atoms with Crippen molar-refractivity contribution >= 4 is 44.2 Å². The van der Waals surface area contributed by atoms with E-state index in [0.29, 0.717) is 44.2 Å². The molecule has 4 rings (SSSR count). The molecule has 2 aliphatic rings. The Bertz CT molecular complexity index is 1190. The standard InChI is InChI=1S/C23H29ClN4O5S/c1-15(22(29)27-9-10-33-19(14-27)13-25-2)28-8-7-21(23(28)30)26-34(31,32)20-6-4-16-11-18(24)5-3-17(16)12-20/h3-6,11-12,15,19,21,25-26H,7-10,13-14H2,1-2H3/t15-,19?,21-/m0/s1. The van der Waals surface area contributed by atoms with E-state index in [-0.39, 0.29) is 16.9 Å². The first-order chi connectivity index (χ1) is 16.2. The lowest BCUT2D eigenvalue weighted by Gasteiger charge is -2.36. The summed E-state index contributed by atoms with van der Waals surface area (Å²) in [4.78, 5) is 29.3. The number of hydrogen-bond donors (Lipinski definition) is 2. The minimum Gasteiger partial charge on any atom is -0.373 e. The van der Waals surface area contributed by atoms with Gasteiger partial charge in [-0.05, 0) is 55.4 Å². The molecule has 9 nitrogen and oxygen atoms in total. The van der Waals surface area contributed by atoms with Crippen LogP contribution >= 0.6 is 11.6 Å². The quantitative estimate of drug-likeness (QED) is 0.582. The number of morpholine rings is 1. The second-order valence-electron chi connectivity index (χ2n) is 8.66. The van der Waals surface area contributed by atoms with Crippen molar-refractivity contribution in [1.29, 1.82) is 0 Å². The van der Waals surface area contributed by atoms with Crippen molar-refractivity contribution in [3.8, 4) is 0 Å². The molecule has 184 valence electrons. The minimum atomic E-state index is -3.93. The molecule has 2 aliphatic heterocycles. The molecule has 2 aromatic rings. The van der Waals surface area contributed by atoms with Crippen LogP contribution in [0.15, 0.2) is 41.3 Å². The van der Waals surface area contributed by atoms with E-state index in [4.69, 9.17) is 16.3 Å². The number of fused-ring (bicyclic) bond motifs is 1. The molecule has 0 aliphatic carbocycles. The number of hydrogen-bond acceptors (Lipinski definition) is 6. The van der Waals surface area contributed by atoms with Gasteiger partial charge in [-0.2, -0.15) is 4.72 Å². The highest BCUT2D eigenvalue weighted by Crippen LogP contribution is 2.24. The van der Waals surface area contributed by atoms with Gasteiger partial charge in [0.2, 0.25) is 21.8 Å². The molecule has 2 amide bonds. The van der Waals surface area contributed by atoms with E-state index in [1.165, 1.54) is 11.0 Å². The van der Waals surface area contributed by atoms with E-state index in [2.05, 4.69) is 10.0 Å². The van der Waals surface area contributed by atoms with Gasteiger partial charge < -0.3 is 19.9 Å². The van der Waals surface area contributed by atoms with E-state index in [1.54, 1.807) is 42.2 Å². The number of nitrogens with one attached hydrogen (secondary N) is 2. The van der Waals surface area contributed by atoms with Crippen LogP contribution in [0.3, 0.4) is 0 Å². The number of ether oxygens (including phenoxy) is 1. The van der Waals surface area contributed by atoms with Crippen LogP contribution in [0.2, 0.25) is 5.02 Å². The first-order valence-corrected chi connectivity index (χ1v) is 13.1. The van der Waals surface area contributed by atoms with Crippen molar-refractivity contribution in [3.05, 3.63) is 41.4 Å². The maximum absolute atomic E-state index is 13.1. The largest absolute Gasteiger partial charge is 0.373 e. The monoisotopic (exact) mass is 508 g/mol. The van der Waals surface area contributed by atoms with Crippen molar-refractivity contribution in [3.63, 3.8) is 0 Å². The fourth-order valence-electron chi connectivity index (χ4n) is 4.48. The zero-order valence-corrected chi connectivity index (χ0v) is 20.7. The SMILES string of the molecule is CNCC1CN(C(=O)[C@H](C)N2CC[C@H](NS(=O)(=O)c3ccc4cc(Cl)ccc4c3)C2=O)CCO1. The summed E-state index contributed by atoms with van der Waals surface area (Å²) in [7, 11) is -2.11. The number of nitrogens with zero attached hydrogens (tertiary/aromatic N) is 2. The first kappa shape index (κ1) is 24.9. The fraction of sp³-hybridized carbons (Fsp3) is 0.478. The first-order valence-electron chi connectivity index (χ1n) is 11.3. The van der Waals surface area contributed by atoms with E-state index in [1.807, 2.05) is 7.05 Å². The highest BCUT2D eigenvalue weighted by molar-refractivity contribution is 7.89. The zero-order chi connectivity index (χ0) is 24.5. The van der Waals surface area contributed by atoms with Crippen molar-refractivity contribution in [2.24, 2.45) is 0 Å². The number of carbonyl (C=O) groups is 2. The van der Waals surface area contributed by atoms with Gasteiger partial charge in [-0.15, -0.1) is 0 Å². The lowest BCUT2D eigenvalue weighted by atomic mass is 10.1. The molecule has 0 aromatic heterocycles. The van der Waals surface area contributed by atoms with Crippen molar-refractivity contribution in [2.45, 2.75) is 36.4 Å². The molecule has 2 saturated heterocycles. The van der Waals surface area contributed by atoms with E-state index in [9.17, 15) is 18.0 Å². The Kier molecular flexibility index (Phi) is 7.44. The number of sulfonamides is 1. The predicted octanol–water partition coefficient (Wildman–Crippen LogP) is 1.21. The molecule has 2 fully saturated rings. The van der Waals surface area contributed by atoms with Gasteiger partial charge >= 0.3 is 0 Å². The number of rotatable bonds is 7. The van der Waals surface area contributed by atoms with E-state index < -0.39 is 28.0 Å². The molecule has 2 aromatic carbocycles. The summed E-state index contributed by atoms with van der Waals surface area (Å²) in [5.41, 5.74) is 0. The molecular weight excluding hydrogens is 480 g/mol. The van der Waals surface area contributed by atoms with Gasteiger partial charge in [0.25, 0.3) is 0 Å². The topological polar surface area (TPSA) is 108 Å². The number of benzene rings is 2. The smallest absolute Gasteiger partial charge is 0.245 e. The van der Waals surface area contributed by atoms with Crippen LogP contribution in [0.25, 0.3) is 10.8 Å². The Labute approximate surface area is 204 Å². The molecule has 3 atom stereocenters. The van der Waals surface area contributed by atoms with Crippen LogP contribution in [0.1, 0.15) is 13.3 Å². The lowest BCUT2D eigenvalue weighted by molar-refractivity contribution is -0.148. The molecule has 0 saturated carbocycles. The normalized spacial score (nSPS) is 22.4. The second-order valence-corrected chi connectivity index (χ2v) is 10.8. The Morgan fingerprint density at radius 1 is 1.21 bits per heavy atom. The number of likely N-dealkylation sites (tertiary alicyclic amines) is 1. The summed E-state index contributed by atoms with van der Waals surface area (Å²) in [6.07, 6.45) is 0.200. The van der Waals surface area contributed by atoms with Gasteiger partial charge in [0.15, 0.2) is 0 Å². The van der Waals surface area contributed by atoms with Crippen molar-refractivity contribution < 1.29 is 22.7 Å². The Balaban J connectivity index is 1.42. The highest BCUT2D eigenvalue weighted by atomic mass is 35.5. The highest BCUT2D eigenvalue weighted by Gasteiger charge is 2.40. The van der Waals surface area contributed by atoms with Gasteiger partial charge in [0, 0.05) is 31.2 Å². The van der Waals surface area contributed by atoms with Gasteiger partial charge in [-0.1, -0.05) is 23.7 Å². The average Bonchev–Trinajstić information content (AvgIpc) is 3.17. The zero-order valence-electron chi connectivity index (χ0n) is 19.2. The fourth-order valence-corrected chi connectivity index (χ4v) is 5.92. The number of amides is 2. The second kappa shape index (κ2) is 10.2. The number of carbonyl (C=O) groups excluding carboxylic acids is 2. The minimum absolute atomic E-state index is 0.0709. The Hall–Kier alpha value is -2.24. The van der Waals surface area contributed by atoms with Gasteiger partial charge in [-0.3, -0.25) is 9.59 Å². The van der Waals surface area contributed by atoms with Gasteiger partial charge in [0.05, 0.1) is 17.6 Å². The molecule has 2 N–H and O–H groups in total. The van der Waals surface area contributed by atoms with Crippen LogP contribution in [-0.4, -0.2) is 88.1 Å². The number of likely N-dealkylation sites (N-methyl/N-ethyl adjacent to an activating group) is 1. The van der Waals surface area contributed by atoms with Crippen LogP contribution in [0, 0.1) is 0 Å². The lowest BCUT2D eigenvalue weighted by Crippen LogP contribution is -2.55. The molecule has 0 radical (unpaired) electrons. The molecule has 0 spiro atoms. The Morgan fingerprint density at radius 2 is 1.94 bits per heavy atom. The van der Waals surface area contributed by atoms with Crippen LogP contribution < -0.4 is 10.0 Å². The van der Waals surface area contributed by atoms with E-state index in [0.717, 1.165) is 10.8 Å². The maximum Gasteiger partial charge on any atom is 0.245 e. The molecule has 0 bridgehead atoms. The molecule has 34 heavy (non-hydrogen) atoms. The summed E-state index contributed by atoms with van der Waals surface area (Å²) in [6, 6.07) is 8.33. The summed E-state index contributed by atoms with van der Waals surface area (Å²) in [5.74, 6) is -0.550. The van der Waals surface area contributed by atoms with Crippen LogP contribution in [0.4, 0.5) is 0 Å². The third-order valence-corrected chi connectivity index (χ3v) is 8.03. The van der Waals surface area contributed by atoms with Crippen LogP contribution in [0.5, 0.6) is 0 Å². The van der Waals surface area contributed by atoms with Crippen molar-refractivity contribution in [1.82, 2.24) is 19.8 Å². The number of halogens is 1. The van der Waals surface area contributed by atoms with Crippen LogP contribution in [-0.2, 0) is 24.3 Å². The van der Waals surface area contributed by atoms with Crippen molar-refractivity contribution in [2.75, 3.05) is 39.8 Å². The summed E-state index contributed by atoms with van der Waals surface area (Å²) in [6.45, 7) is 3.99. The van der Waals surface area contributed by atoms with Gasteiger partial charge in [-0.25, -0.2) is 8.42 Å². The summed E-state index contributed by atoms with van der Waals surface area (Å²) >= 11 is 6.00. The van der Waals surface area contributed by atoms with E-state index >= 15 is 0 Å².